The molecular formula is C24H38O6. The standard InChI is InChI=1S/C24H38O6/c1-7-8-18(25)29-24(6)12-11-17(30-27)15(5)21(26)22-19-14(4)9-10-16(13(2)3)20(19)23(24)28-22/h13,16-17,19-23,26-27H,4-5,7-12H2,1-3,6H3/t16-,17+,19+,20-,21-,22+,23-,24-/m1/s1. The van der Waals surface area contributed by atoms with Gasteiger partial charge in [-0.15, -0.1) is 0 Å². The Hall–Kier alpha value is -1.21. The summed E-state index contributed by atoms with van der Waals surface area (Å²) in [5.74, 6) is 0.612. The van der Waals surface area contributed by atoms with Crippen LogP contribution in [0.5, 0.6) is 0 Å². The van der Waals surface area contributed by atoms with Gasteiger partial charge >= 0.3 is 5.97 Å². The van der Waals surface area contributed by atoms with Crippen molar-refractivity contribution in [2.75, 3.05) is 0 Å². The van der Waals surface area contributed by atoms with Gasteiger partial charge in [-0.05, 0) is 56.4 Å². The average molecular weight is 423 g/mol. The lowest BCUT2D eigenvalue weighted by Gasteiger charge is -2.45. The zero-order chi connectivity index (χ0) is 22.2. The van der Waals surface area contributed by atoms with Gasteiger partial charge in [-0.3, -0.25) is 10.1 Å². The maximum absolute atomic E-state index is 12.6. The van der Waals surface area contributed by atoms with Crippen molar-refractivity contribution in [1.29, 1.82) is 0 Å². The van der Waals surface area contributed by atoms with Crippen LogP contribution in [0.1, 0.15) is 66.2 Å². The summed E-state index contributed by atoms with van der Waals surface area (Å²) in [5.41, 5.74) is 0.571. The van der Waals surface area contributed by atoms with Gasteiger partial charge in [0.1, 0.15) is 23.9 Å². The van der Waals surface area contributed by atoms with Gasteiger partial charge in [0.25, 0.3) is 0 Å². The van der Waals surface area contributed by atoms with Crippen LogP contribution in [0.15, 0.2) is 24.3 Å². The average Bonchev–Trinajstić information content (AvgIpc) is 3.10. The molecule has 6 nitrogen and oxygen atoms in total. The first kappa shape index (κ1) is 23.5. The second-order valence-electron chi connectivity index (χ2n) is 9.92. The van der Waals surface area contributed by atoms with Gasteiger partial charge in [-0.25, -0.2) is 4.89 Å². The summed E-state index contributed by atoms with van der Waals surface area (Å²) in [6, 6.07) is 0. The molecule has 2 N–H and O–H groups in total. The minimum Gasteiger partial charge on any atom is -0.457 e. The molecule has 0 radical (unpaired) electrons. The number of ether oxygens (including phenoxy) is 2. The molecule has 2 aliphatic heterocycles. The van der Waals surface area contributed by atoms with E-state index < -0.39 is 23.9 Å². The minimum absolute atomic E-state index is 0.0513. The summed E-state index contributed by atoms with van der Waals surface area (Å²) in [5, 5.41) is 20.6. The number of carbonyl (C=O) groups is 1. The molecule has 2 heterocycles. The van der Waals surface area contributed by atoms with Crippen molar-refractivity contribution in [1.82, 2.24) is 0 Å². The second kappa shape index (κ2) is 9.11. The largest absolute Gasteiger partial charge is 0.457 e. The van der Waals surface area contributed by atoms with E-state index in [1.165, 1.54) is 0 Å². The van der Waals surface area contributed by atoms with Gasteiger partial charge < -0.3 is 14.6 Å². The van der Waals surface area contributed by atoms with E-state index >= 15 is 0 Å². The predicted molar refractivity (Wildman–Crippen MR) is 114 cm³/mol. The Morgan fingerprint density at radius 2 is 2.03 bits per heavy atom. The molecule has 0 aromatic rings. The Morgan fingerprint density at radius 3 is 2.63 bits per heavy atom. The van der Waals surface area contributed by atoms with Crippen molar-refractivity contribution in [3.63, 3.8) is 0 Å². The zero-order valence-electron chi connectivity index (χ0n) is 18.8. The molecule has 0 spiro atoms. The SMILES string of the molecule is C=C1CC[C@H](C(C)C)[C@@H]2[C@H]1[C@@H]1O[C@H]2[C@](C)(OC(=O)CCC)CC[C@H](OO)C(=C)[C@H]1O. The fourth-order valence-electron chi connectivity index (χ4n) is 5.95. The van der Waals surface area contributed by atoms with E-state index in [1.54, 1.807) is 0 Å². The summed E-state index contributed by atoms with van der Waals surface area (Å²) in [7, 11) is 0. The highest BCUT2D eigenvalue weighted by molar-refractivity contribution is 5.69. The molecule has 0 amide bonds. The van der Waals surface area contributed by atoms with Gasteiger partial charge in [0, 0.05) is 18.3 Å². The van der Waals surface area contributed by atoms with Crippen molar-refractivity contribution >= 4 is 5.97 Å². The van der Waals surface area contributed by atoms with Crippen LogP contribution in [0.4, 0.5) is 0 Å². The van der Waals surface area contributed by atoms with Crippen LogP contribution in [0.2, 0.25) is 0 Å². The lowest BCUT2D eigenvalue weighted by atomic mass is 9.60. The minimum atomic E-state index is -0.990. The van der Waals surface area contributed by atoms with Crippen molar-refractivity contribution in [2.24, 2.45) is 23.7 Å². The lowest BCUT2D eigenvalue weighted by Crippen LogP contribution is -2.51. The van der Waals surface area contributed by atoms with Gasteiger partial charge in [0.05, 0.1) is 6.10 Å². The van der Waals surface area contributed by atoms with Crippen molar-refractivity contribution in [2.45, 2.75) is 96.2 Å². The highest BCUT2D eigenvalue weighted by Crippen LogP contribution is 2.55. The van der Waals surface area contributed by atoms with E-state index in [0.717, 1.165) is 18.4 Å². The summed E-state index contributed by atoms with van der Waals surface area (Å²) >= 11 is 0. The number of carbonyl (C=O) groups excluding carboxylic acids is 1. The molecule has 3 rings (SSSR count). The lowest BCUT2D eigenvalue weighted by molar-refractivity contribution is -0.273. The number of fused-ring (bicyclic) bond motifs is 5. The zero-order valence-corrected chi connectivity index (χ0v) is 18.8. The molecule has 1 saturated carbocycles. The van der Waals surface area contributed by atoms with Crippen molar-refractivity contribution in [3.05, 3.63) is 24.3 Å². The number of rotatable bonds is 5. The molecule has 6 heteroatoms. The van der Waals surface area contributed by atoms with E-state index in [1.807, 2.05) is 13.8 Å². The van der Waals surface area contributed by atoms with E-state index in [-0.39, 0.29) is 23.9 Å². The van der Waals surface area contributed by atoms with Crippen LogP contribution in [-0.4, -0.2) is 46.3 Å². The van der Waals surface area contributed by atoms with Gasteiger partial charge in [0.15, 0.2) is 0 Å². The molecule has 30 heavy (non-hydrogen) atoms. The molecule has 0 unspecified atom stereocenters. The molecule has 170 valence electrons. The van der Waals surface area contributed by atoms with Gasteiger partial charge in [-0.1, -0.05) is 39.5 Å². The molecule has 2 bridgehead atoms. The smallest absolute Gasteiger partial charge is 0.306 e. The molecule has 3 fully saturated rings. The number of aliphatic hydroxyl groups is 1. The third kappa shape index (κ3) is 4.12. The summed E-state index contributed by atoms with van der Waals surface area (Å²) in [6.07, 6.45) is 1.13. The summed E-state index contributed by atoms with van der Waals surface area (Å²) in [6.45, 7) is 16.6. The molecule has 3 aliphatic rings. The third-order valence-corrected chi connectivity index (χ3v) is 7.58. The molecule has 0 aromatic carbocycles. The van der Waals surface area contributed by atoms with Crippen molar-refractivity contribution in [3.8, 4) is 0 Å². The Balaban J connectivity index is 2.07. The van der Waals surface area contributed by atoms with Crippen LogP contribution >= 0.6 is 0 Å². The van der Waals surface area contributed by atoms with Crippen LogP contribution in [0.3, 0.4) is 0 Å². The maximum Gasteiger partial charge on any atom is 0.306 e. The topological polar surface area (TPSA) is 85.2 Å². The summed E-state index contributed by atoms with van der Waals surface area (Å²) in [4.78, 5) is 17.2. The maximum atomic E-state index is 12.6. The first-order valence-electron chi connectivity index (χ1n) is 11.4. The number of aliphatic hydroxyl groups excluding tert-OH is 1. The Labute approximate surface area is 180 Å². The first-order valence-corrected chi connectivity index (χ1v) is 11.4. The van der Waals surface area contributed by atoms with Gasteiger partial charge in [0.2, 0.25) is 0 Å². The molecular weight excluding hydrogens is 384 g/mol. The van der Waals surface area contributed by atoms with Gasteiger partial charge in [-0.2, -0.15) is 0 Å². The molecule has 8 atom stereocenters. The highest BCUT2D eigenvalue weighted by Gasteiger charge is 2.60. The normalized spacial score (nSPS) is 41.8. The quantitative estimate of drug-likeness (QED) is 0.298. The van der Waals surface area contributed by atoms with Crippen LogP contribution < -0.4 is 0 Å². The number of hydrogen-bond donors (Lipinski definition) is 2. The highest BCUT2D eigenvalue weighted by atomic mass is 17.1. The third-order valence-electron chi connectivity index (χ3n) is 7.58. The first-order chi connectivity index (χ1) is 14.1. The van der Waals surface area contributed by atoms with Crippen molar-refractivity contribution < 1.29 is 29.5 Å². The Bertz CT molecular complexity index is 673. The van der Waals surface area contributed by atoms with Crippen LogP contribution in [0.25, 0.3) is 0 Å². The Morgan fingerprint density at radius 1 is 1.33 bits per heavy atom. The van der Waals surface area contributed by atoms with E-state index in [2.05, 4.69) is 31.9 Å². The Kier molecular flexibility index (Phi) is 7.12. The van der Waals surface area contributed by atoms with E-state index in [4.69, 9.17) is 9.47 Å². The fraction of sp³-hybridized carbons (Fsp3) is 0.792. The molecule has 0 aromatic heterocycles. The van der Waals surface area contributed by atoms with E-state index in [9.17, 15) is 15.2 Å². The monoisotopic (exact) mass is 422 g/mol. The number of hydrogen-bond acceptors (Lipinski definition) is 6. The molecule has 1 aliphatic carbocycles. The second-order valence-corrected chi connectivity index (χ2v) is 9.92. The fourth-order valence-corrected chi connectivity index (χ4v) is 5.95. The predicted octanol–water partition coefficient (Wildman–Crippen LogP) is 4.28. The van der Waals surface area contributed by atoms with E-state index in [0.29, 0.717) is 43.1 Å². The summed E-state index contributed by atoms with van der Waals surface area (Å²) < 4.78 is 12.6. The molecule has 2 saturated heterocycles. The van der Waals surface area contributed by atoms with Crippen LogP contribution in [0, 0.1) is 23.7 Å². The van der Waals surface area contributed by atoms with Crippen LogP contribution in [-0.2, 0) is 19.2 Å². The number of esters is 1.